The fourth-order valence-electron chi connectivity index (χ4n) is 1.30. The number of esters is 1. The van der Waals surface area contributed by atoms with Gasteiger partial charge in [-0.1, -0.05) is 20.8 Å². The van der Waals surface area contributed by atoms with E-state index < -0.39 is 0 Å². The first kappa shape index (κ1) is 15.8. The van der Waals surface area contributed by atoms with Crippen molar-refractivity contribution in [1.82, 2.24) is 9.97 Å². The number of anilines is 1. The lowest BCUT2D eigenvalue weighted by Crippen LogP contribution is -2.17. The van der Waals surface area contributed by atoms with E-state index in [2.05, 4.69) is 40.8 Å². The highest BCUT2D eigenvalue weighted by Gasteiger charge is 2.19. The number of hydrogen-bond donors (Lipinski definition) is 1. The van der Waals surface area contributed by atoms with Crippen molar-refractivity contribution in [2.24, 2.45) is 0 Å². The zero-order valence-electron chi connectivity index (χ0n) is 12.1. The molecule has 0 unspecified atom stereocenters. The van der Waals surface area contributed by atoms with Crippen molar-refractivity contribution in [3.8, 4) is 0 Å². The molecule has 6 heteroatoms. The average Bonchev–Trinajstić information content (AvgIpc) is 2.37. The maximum Gasteiger partial charge on any atom is 0.306 e. The zero-order valence-corrected chi connectivity index (χ0v) is 12.9. The summed E-state index contributed by atoms with van der Waals surface area (Å²) in [6, 6.07) is 1.89. The Bertz CT molecular complexity index is 444. The van der Waals surface area contributed by atoms with Gasteiger partial charge in [-0.3, -0.25) is 4.79 Å². The molecule has 0 aliphatic carbocycles. The second-order valence-electron chi connectivity index (χ2n) is 5.09. The summed E-state index contributed by atoms with van der Waals surface area (Å²) in [4.78, 5) is 20.1. The molecule has 0 aromatic carbocycles. The molecule has 0 bridgehead atoms. The van der Waals surface area contributed by atoms with Crippen molar-refractivity contribution in [2.75, 3.05) is 25.2 Å². The van der Waals surface area contributed by atoms with Crippen LogP contribution in [0.25, 0.3) is 0 Å². The van der Waals surface area contributed by atoms with Crippen molar-refractivity contribution in [3.63, 3.8) is 0 Å². The molecule has 0 aliphatic heterocycles. The molecule has 1 heterocycles. The van der Waals surface area contributed by atoms with E-state index in [9.17, 15) is 4.79 Å². The van der Waals surface area contributed by atoms with E-state index in [0.717, 1.165) is 16.7 Å². The quantitative estimate of drug-likeness (QED) is 0.509. The van der Waals surface area contributed by atoms with Crippen LogP contribution in [0, 0.1) is 0 Å². The van der Waals surface area contributed by atoms with Crippen molar-refractivity contribution in [2.45, 2.75) is 37.6 Å². The molecule has 106 valence electrons. The lowest BCUT2D eigenvalue weighted by Gasteiger charge is -2.18. The normalized spacial score (nSPS) is 11.2. The minimum atomic E-state index is -0.202. The van der Waals surface area contributed by atoms with Crippen LogP contribution in [-0.2, 0) is 14.9 Å². The third-order valence-electron chi connectivity index (χ3n) is 2.41. The van der Waals surface area contributed by atoms with Crippen LogP contribution in [0.1, 0.15) is 33.0 Å². The van der Waals surface area contributed by atoms with Gasteiger partial charge in [0.15, 0.2) is 0 Å². The van der Waals surface area contributed by atoms with Crippen LogP contribution in [0.4, 0.5) is 5.82 Å². The largest absolute Gasteiger partial charge is 0.469 e. The fourth-order valence-corrected chi connectivity index (χ4v) is 2.13. The summed E-state index contributed by atoms with van der Waals surface area (Å²) in [7, 11) is 3.23. The highest BCUT2D eigenvalue weighted by atomic mass is 32.2. The molecule has 0 fully saturated rings. The predicted molar refractivity (Wildman–Crippen MR) is 77.6 cm³/mol. The number of ether oxygens (including phenoxy) is 1. The highest BCUT2D eigenvalue weighted by molar-refractivity contribution is 7.99. The first-order valence-electron chi connectivity index (χ1n) is 6.13. The lowest BCUT2D eigenvalue weighted by molar-refractivity contribution is -0.140. The molecule has 0 atom stereocenters. The first-order valence-corrected chi connectivity index (χ1v) is 7.12. The Labute approximate surface area is 118 Å². The molecular weight excluding hydrogens is 262 g/mol. The van der Waals surface area contributed by atoms with Gasteiger partial charge >= 0.3 is 5.97 Å². The number of rotatable bonds is 5. The molecule has 19 heavy (non-hydrogen) atoms. The number of carbonyl (C=O) groups is 1. The maximum atomic E-state index is 11.1. The molecule has 5 nitrogen and oxygen atoms in total. The SMILES string of the molecule is CNc1cc(SCCC(=O)OC)nc(C(C)(C)C)n1. The number of carbonyl (C=O) groups excluding carboxylic acids is 1. The summed E-state index contributed by atoms with van der Waals surface area (Å²) in [6.45, 7) is 6.22. The van der Waals surface area contributed by atoms with Gasteiger partial charge in [-0.25, -0.2) is 9.97 Å². The van der Waals surface area contributed by atoms with E-state index in [1.807, 2.05) is 13.1 Å². The summed E-state index contributed by atoms with van der Waals surface area (Å²) in [5, 5.41) is 3.90. The van der Waals surface area contributed by atoms with Crippen LogP contribution >= 0.6 is 11.8 Å². The molecule has 0 saturated heterocycles. The number of methoxy groups -OCH3 is 1. The molecule has 1 aromatic heterocycles. The van der Waals surface area contributed by atoms with Gasteiger partial charge in [0.2, 0.25) is 0 Å². The van der Waals surface area contributed by atoms with Crippen LogP contribution in [-0.4, -0.2) is 35.8 Å². The molecule has 1 rings (SSSR count). The minimum absolute atomic E-state index is 0.107. The van der Waals surface area contributed by atoms with Crippen molar-refractivity contribution >= 4 is 23.5 Å². The Morgan fingerprint density at radius 1 is 1.42 bits per heavy atom. The molecule has 0 aliphatic rings. The average molecular weight is 283 g/mol. The summed E-state index contributed by atoms with van der Waals surface area (Å²) >= 11 is 1.53. The summed E-state index contributed by atoms with van der Waals surface area (Å²) in [5.41, 5.74) is -0.107. The van der Waals surface area contributed by atoms with Gasteiger partial charge < -0.3 is 10.1 Å². The van der Waals surface area contributed by atoms with E-state index in [4.69, 9.17) is 0 Å². The standard InChI is InChI=1S/C13H21N3O2S/c1-13(2,3)12-15-9(14-4)8-10(16-12)19-7-6-11(17)18-5/h8H,6-7H2,1-5H3,(H,14,15,16). The topological polar surface area (TPSA) is 64.1 Å². The predicted octanol–water partition coefficient (Wildman–Crippen LogP) is 2.47. The van der Waals surface area contributed by atoms with Gasteiger partial charge in [0.1, 0.15) is 16.7 Å². The zero-order chi connectivity index (χ0) is 14.5. The number of nitrogens with one attached hydrogen (secondary N) is 1. The Kier molecular flexibility index (Phi) is 5.60. The van der Waals surface area contributed by atoms with Crippen molar-refractivity contribution < 1.29 is 9.53 Å². The van der Waals surface area contributed by atoms with E-state index in [0.29, 0.717) is 12.2 Å². The van der Waals surface area contributed by atoms with Crippen LogP contribution < -0.4 is 5.32 Å². The summed E-state index contributed by atoms with van der Waals surface area (Å²) < 4.78 is 4.61. The molecule has 0 saturated carbocycles. The minimum Gasteiger partial charge on any atom is -0.469 e. The first-order chi connectivity index (χ1) is 8.86. The third kappa shape index (κ3) is 5.06. The van der Waals surface area contributed by atoms with Gasteiger partial charge in [-0.2, -0.15) is 0 Å². The van der Waals surface area contributed by atoms with Crippen molar-refractivity contribution in [3.05, 3.63) is 11.9 Å². The molecule has 1 aromatic rings. The molecule has 0 radical (unpaired) electrons. The Balaban J connectivity index is 2.80. The monoisotopic (exact) mass is 283 g/mol. The third-order valence-corrected chi connectivity index (χ3v) is 3.33. The summed E-state index contributed by atoms with van der Waals surface area (Å²) in [6.07, 6.45) is 0.380. The van der Waals surface area contributed by atoms with Crippen LogP contribution in [0.15, 0.2) is 11.1 Å². The number of hydrogen-bond acceptors (Lipinski definition) is 6. The lowest BCUT2D eigenvalue weighted by atomic mass is 9.96. The van der Waals surface area contributed by atoms with Gasteiger partial charge in [-0.05, 0) is 0 Å². The van der Waals surface area contributed by atoms with Crippen LogP contribution in [0.2, 0.25) is 0 Å². The van der Waals surface area contributed by atoms with E-state index in [1.165, 1.54) is 18.9 Å². The van der Waals surface area contributed by atoms with Gasteiger partial charge in [0.25, 0.3) is 0 Å². The van der Waals surface area contributed by atoms with E-state index in [1.54, 1.807) is 0 Å². The number of thioether (sulfide) groups is 1. The molecule has 0 spiro atoms. The number of aromatic nitrogens is 2. The highest BCUT2D eigenvalue weighted by Crippen LogP contribution is 2.25. The molecule has 0 amide bonds. The second-order valence-corrected chi connectivity index (χ2v) is 6.20. The van der Waals surface area contributed by atoms with Gasteiger partial charge in [0, 0.05) is 24.3 Å². The maximum absolute atomic E-state index is 11.1. The van der Waals surface area contributed by atoms with Crippen molar-refractivity contribution in [1.29, 1.82) is 0 Å². The Morgan fingerprint density at radius 3 is 2.63 bits per heavy atom. The van der Waals surface area contributed by atoms with Crippen LogP contribution in [0.5, 0.6) is 0 Å². The Hall–Kier alpha value is -1.30. The summed E-state index contributed by atoms with van der Waals surface area (Å²) in [5.74, 6) is 2.03. The molecular formula is C13H21N3O2S. The molecule has 1 N–H and O–H groups in total. The van der Waals surface area contributed by atoms with Gasteiger partial charge in [0.05, 0.1) is 13.5 Å². The number of nitrogens with zero attached hydrogens (tertiary/aromatic N) is 2. The van der Waals surface area contributed by atoms with E-state index in [-0.39, 0.29) is 11.4 Å². The Morgan fingerprint density at radius 2 is 2.11 bits per heavy atom. The van der Waals surface area contributed by atoms with Crippen LogP contribution in [0.3, 0.4) is 0 Å². The second kappa shape index (κ2) is 6.75. The van der Waals surface area contributed by atoms with Gasteiger partial charge in [-0.15, -0.1) is 11.8 Å². The smallest absolute Gasteiger partial charge is 0.306 e. The fraction of sp³-hybridized carbons (Fsp3) is 0.615. The van der Waals surface area contributed by atoms with E-state index >= 15 is 0 Å².